The highest BCUT2D eigenvalue weighted by atomic mass is 32.1. The summed E-state index contributed by atoms with van der Waals surface area (Å²) in [6, 6.07) is 0. The predicted molar refractivity (Wildman–Crippen MR) is 59.5 cm³/mol. The van der Waals surface area contributed by atoms with E-state index in [4.69, 9.17) is 4.74 Å². The van der Waals surface area contributed by atoms with Crippen LogP contribution in [-0.4, -0.2) is 19.1 Å². The number of ether oxygens (including phenoxy) is 1. The molecule has 80 valence electrons. The Balaban J connectivity index is 2.73. The van der Waals surface area contributed by atoms with Crippen molar-refractivity contribution in [2.24, 2.45) is 5.92 Å². The Morgan fingerprint density at radius 3 is 2.79 bits per heavy atom. The molecule has 0 aliphatic rings. The summed E-state index contributed by atoms with van der Waals surface area (Å²) in [6.45, 7) is 5.17. The van der Waals surface area contributed by atoms with Gasteiger partial charge in [0.2, 0.25) is 0 Å². The molecular weight excluding hydrogens is 196 g/mol. The van der Waals surface area contributed by atoms with Gasteiger partial charge >= 0.3 is 0 Å². The van der Waals surface area contributed by atoms with E-state index in [1.807, 2.05) is 13.2 Å². The van der Waals surface area contributed by atoms with E-state index in [0.717, 1.165) is 11.6 Å². The Labute approximate surface area is 89.5 Å². The van der Waals surface area contributed by atoms with Gasteiger partial charge in [0, 0.05) is 24.7 Å². The molecule has 4 heteroatoms. The molecule has 0 radical (unpaired) electrons. The third kappa shape index (κ3) is 2.77. The number of thiazole rings is 1. The van der Waals surface area contributed by atoms with Gasteiger partial charge in [0.25, 0.3) is 0 Å². The van der Waals surface area contributed by atoms with Crippen LogP contribution in [0, 0.1) is 5.92 Å². The van der Waals surface area contributed by atoms with Gasteiger partial charge in [-0.05, 0) is 13.0 Å². The molecule has 1 unspecified atom stereocenters. The van der Waals surface area contributed by atoms with Crippen LogP contribution in [0.1, 0.15) is 29.8 Å². The van der Waals surface area contributed by atoms with Gasteiger partial charge in [-0.1, -0.05) is 13.8 Å². The van der Waals surface area contributed by atoms with Crippen molar-refractivity contribution in [3.63, 3.8) is 0 Å². The Hall–Kier alpha value is -0.450. The molecule has 0 saturated heterocycles. The average Bonchev–Trinajstić information content (AvgIpc) is 2.54. The van der Waals surface area contributed by atoms with Crippen LogP contribution < -0.4 is 5.32 Å². The standard InChI is InChI=1S/C10H18N2OS/c1-7(2)9(13-4)10-12-6-8(14-10)5-11-3/h6-7,9,11H,5H2,1-4H3. The van der Waals surface area contributed by atoms with Crippen LogP contribution in [-0.2, 0) is 11.3 Å². The van der Waals surface area contributed by atoms with Crippen LogP contribution in [0.5, 0.6) is 0 Å². The second-order valence-corrected chi connectivity index (χ2v) is 4.74. The van der Waals surface area contributed by atoms with E-state index in [2.05, 4.69) is 24.1 Å². The molecule has 0 amide bonds. The number of methoxy groups -OCH3 is 1. The summed E-state index contributed by atoms with van der Waals surface area (Å²) < 4.78 is 5.42. The fraction of sp³-hybridized carbons (Fsp3) is 0.700. The fourth-order valence-electron chi connectivity index (χ4n) is 1.37. The van der Waals surface area contributed by atoms with Gasteiger partial charge in [0.1, 0.15) is 11.1 Å². The molecule has 0 saturated carbocycles. The van der Waals surface area contributed by atoms with Crippen molar-refractivity contribution < 1.29 is 4.74 Å². The smallest absolute Gasteiger partial charge is 0.122 e. The van der Waals surface area contributed by atoms with Crippen LogP contribution in [0.25, 0.3) is 0 Å². The number of nitrogens with zero attached hydrogens (tertiary/aromatic N) is 1. The summed E-state index contributed by atoms with van der Waals surface area (Å²) in [4.78, 5) is 5.64. The maximum absolute atomic E-state index is 5.42. The topological polar surface area (TPSA) is 34.2 Å². The molecule has 0 aliphatic heterocycles. The van der Waals surface area contributed by atoms with Crippen LogP contribution in [0.4, 0.5) is 0 Å². The van der Waals surface area contributed by atoms with Gasteiger partial charge in [0.05, 0.1) is 0 Å². The minimum absolute atomic E-state index is 0.130. The highest BCUT2D eigenvalue weighted by Gasteiger charge is 2.18. The normalized spacial score (nSPS) is 13.5. The third-order valence-corrected chi connectivity index (χ3v) is 3.08. The van der Waals surface area contributed by atoms with Gasteiger partial charge < -0.3 is 10.1 Å². The van der Waals surface area contributed by atoms with Gasteiger partial charge in [-0.3, -0.25) is 0 Å². The van der Waals surface area contributed by atoms with Crippen molar-refractivity contribution in [2.45, 2.75) is 26.5 Å². The number of nitrogens with one attached hydrogen (secondary N) is 1. The van der Waals surface area contributed by atoms with Crippen molar-refractivity contribution in [1.82, 2.24) is 10.3 Å². The summed E-state index contributed by atoms with van der Waals surface area (Å²) in [5, 5.41) is 4.19. The first-order valence-electron chi connectivity index (χ1n) is 4.81. The zero-order valence-electron chi connectivity index (χ0n) is 9.20. The Kier molecular flexibility index (Phi) is 4.51. The van der Waals surface area contributed by atoms with E-state index in [1.54, 1.807) is 18.4 Å². The van der Waals surface area contributed by atoms with E-state index in [1.165, 1.54) is 4.88 Å². The highest BCUT2D eigenvalue weighted by Crippen LogP contribution is 2.28. The number of hydrogen-bond acceptors (Lipinski definition) is 4. The molecule has 0 fully saturated rings. The summed E-state index contributed by atoms with van der Waals surface area (Å²) in [7, 11) is 3.68. The van der Waals surface area contributed by atoms with Gasteiger partial charge in [-0.25, -0.2) is 4.98 Å². The van der Waals surface area contributed by atoms with Crippen molar-refractivity contribution in [1.29, 1.82) is 0 Å². The van der Waals surface area contributed by atoms with Gasteiger partial charge in [-0.15, -0.1) is 11.3 Å². The molecule has 0 aromatic carbocycles. The largest absolute Gasteiger partial charge is 0.374 e. The second-order valence-electron chi connectivity index (χ2n) is 3.60. The lowest BCUT2D eigenvalue weighted by atomic mass is 10.1. The number of aromatic nitrogens is 1. The van der Waals surface area contributed by atoms with Crippen molar-refractivity contribution >= 4 is 11.3 Å². The summed E-state index contributed by atoms with van der Waals surface area (Å²) in [6.07, 6.45) is 2.05. The van der Waals surface area contributed by atoms with Crippen molar-refractivity contribution in [3.8, 4) is 0 Å². The molecule has 1 N–H and O–H groups in total. The van der Waals surface area contributed by atoms with E-state index in [9.17, 15) is 0 Å². The molecular formula is C10H18N2OS. The fourth-order valence-corrected chi connectivity index (χ4v) is 2.55. The molecule has 14 heavy (non-hydrogen) atoms. The minimum atomic E-state index is 0.130. The first-order chi connectivity index (χ1) is 6.69. The molecule has 1 aromatic heterocycles. The Morgan fingerprint density at radius 2 is 2.29 bits per heavy atom. The summed E-state index contributed by atoms with van der Waals surface area (Å²) in [5.74, 6) is 0.466. The number of rotatable bonds is 5. The summed E-state index contributed by atoms with van der Waals surface area (Å²) >= 11 is 1.72. The van der Waals surface area contributed by atoms with E-state index >= 15 is 0 Å². The maximum atomic E-state index is 5.42. The monoisotopic (exact) mass is 214 g/mol. The second kappa shape index (κ2) is 5.44. The number of hydrogen-bond donors (Lipinski definition) is 1. The van der Waals surface area contributed by atoms with E-state index in [0.29, 0.717) is 5.92 Å². The molecule has 0 aliphatic carbocycles. The van der Waals surface area contributed by atoms with Gasteiger partial charge in [0.15, 0.2) is 0 Å². The lowest BCUT2D eigenvalue weighted by molar-refractivity contribution is 0.0644. The first-order valence-corrected chi connectivity index (χ1v) is 5.62. The average molecular weight is 214 g/mol. The van der Waals surface area contributed by atoms with Crippen LogP contribution in [0.2, 0.25) is 0 Å². The Morgan fingerprint density at radius 1 is 1.57 bits per heavy atom. The molecule has 0 bridgehead atoms. The van der Waals surface area contributed by atoms with Crippen LogP contribution >= 0.6 is 11.3 Å². The molecule has 1 rings (SSSR count). The summed E-state index contributed by atoms with van der Waals surface area (Å²) in [5.41, 5.74) is 0. The zero-order valence-corrected chi connectivity index (χ0v) is 10.0. The first kappa shape index (κ1) is 11.6. The lowest BCUT2D eigenvalue weighted by Gasteiger charge is -2.15. The maximum Gasteiger partial charge on any atom is 0.122 e. The van der Waals surface area contributed by atoms with Crippen molar-refractivity contribution in [3.05, 3.63) is 16.1 Å². The highest BCUT2D eigenvalue weighted by molar-refractivity contribution is 7.11. The molecule has 1 aromatic rings. The zero-order chi connectivity index (χ0) is 10.6. The molecule has 1 heterocycles. The quantitative estimate of drug-likeness (QED) is 0.816. The van der Waals surface area contributed by atoms with E-state index in [-0.39, 0.29) is 6.10 Å². The molecule has 1 atom stereocenters. The third-order valence-electron chi connectivity index (χ3n) is 2.03. The molecule has 3 nitrogen and oxygen atoms in total. The van der Waals surface area contributed by atoms with Crippen LogP contribution in [0.3, 0.4) is 0 Å². The van der Waals surface area contributed by atoms with Gasteiger partial charge in [-0.2, -0.15) is 0 Å². The minimum Gasteiger partial charge on any atom is -0.374 e. The lowest BCUT2D eigenvalue weighted by Crippen LogP contribution is -2.08. The molecule has 0 spiro atoms. The SMILES string of the molecule is CNCc1cnc(C(OC)C(C)C)s1. The predicted octanol–water partition coefficient (Wildman–Crippen LogP) is 2.21. The Bertz CT molecular complexity index is 273. The van der Waals surface area contributed by atoms with E-state index < -0.39 is 0 Å². The van der Waals surface area contributed by atoms with Crippen molar-refractivity contribution in [2.75, 3.05) is 14.2 Å². The van der Waals surface area contributed by atoms with Crippen LogP contribution in [0.15, 0.2) is 6.20 Å².